The van der Waals surface area contributed by atoms with Crippen LogP contribution in [-0.2, 0) is 12.8 Å². The van der Waals surface area contributed by atoms with Crippen LogP contribution in [0.1, 0.15) is 58.1 Å². The summed E-state index contributed by atoms with van der Waals surface area (Å²) < 4.78 is 5.70. The Morgan fingerprint density at radius 2 is 1.83 bits per heavy atom. The zero-order valence-corrected chi connectivity index (χ0v) is 18.6. The Kier molecular flexibility index (Phi) is 5.60. The van der Waals surface area contributed by atoms with Crippen LogP contribution in [0.3, 0.4) is 0 Å². The van der Waals surface area contributed by atoms with Crippen LogP contribution < -0.4 is 14.9 Å². The van der Waals surface area contributed by atoms with Crippen molar-refractivity contribution < 1.29 is 9.57 Å². The third-order valence-electron chi connectivity index (χ3n) is 6.11. The summed E-state index contributed by atoms with van der Waals surface area (Å²) in [5.74, 6) is 3.28. The van der Waals surface area contributed by atoms with Crippen LogP contribution in [0.2, 0.25) is 0 Å². The normalized spacial score (nSPS) is 18.4. The van der Waals surface area contributed by atoms with Gasteiger partial charge < -0.3 is 14.9 Å². The molecule has 0 atom stereocenters. The number of rotatable bonds is 7. The van der Waals surface area contributed by atoms with Gasteiger partial charge in [-0.15, -0.1) is 5.06 Å². The van der Waals surface area contributed by atoms with Crippen molar-refractivity contribution in [3.8, 4) is 11.5 Å². The van der Waals surface area contributed by atoms with E-state index in [1.165, 1.54) is 29.4 Å². The molecule has 2 aliphatic rings. The topological polar surface area (TPSA) is 46.6 Å². The van der Waals surface area contributed by atoms with Crippen molar-refractivity contribution in [3.63, 3.8) is 0 Å². The fourth-order valence-corrected chi connectivity index (χ4v) is 4.56. The number of nitrogens with zero attached hydrogens (tertiary/aromatic N) is 2. The Labute approximate surface area is 174 Å². The van der Waals surface area contributed by atoms with Crippen LogP contribution >= 0.6 is 0 Å². The maximum atomic E-state index is 6.17. The highest BCUT2D eigenvalue weighted by Crippen LogP contribution is 2.44. The van der Waals surface area contributed by atoms with Crippen molar-refractivity contribution in [2.24, 2.45) is 11.3 Å². The van der Waals surface area contributed by atoms with E-state index < -0.39 is 0 Å². The predicted octanol–water partition coefficient (Wildman–Crippen LogP) is 5.22. The van der Waals surface area contributed by atoms with Crippen molar-refractivity contribution in [1.82, 2.24) is 10.0 Å². The highest BCUT2D eigenvalue weighted by atomic mass is 16.7. The quantitative estimate of drug-likeness (QED) is 0.694. The van der Waals surface area contributed by atoms with Gasteiger partial charge in [0.05, 0.1) is 12.6 Å². The number of benzene rings is 1. The molecule has 1 aromatic carbocycles. The predicted molar refractivity (Wildman–Crippen MR) is 119 cm³/mol. The first-order chi connectivity index (χ1) is 13.9. The Hall–Kier alpha value is -2.01. The third-order valence-corrected chi connectivity index (χ3v) is 6.11. The highest BCUT2D eigenvalue weighted by molar-refractivity contribution is 5.89. The molecule has 1 fully saturated rings. The molecule has 1 aliphatic carbocycles. The van der Waals surface area contributed by atoms with E-state index in [4.69, 9.17) is 14.6 Å². The summed E-state index contributed by atoms with van der Waals surface area (Å²) in [6.07, 6.45) is 5.63. The summed E-state index contributed by atoms with van der Waals surface area (Å²) >= 11 is 0. The van der Waals surface area contributed by atoms with Crippen molar-refractivity contribution >= 4 is 16.7 Å². The van der Waals surface area contributed by atoms with Crippen LogP contribution in [0, 0.1) is 11.3 Å². The summed E-state index contributed by atoms with van der Waals surface area (Å²) in [6, 6.07) is 4.19. The molecule has 1 aromatic heterocycles. The third kappa shape index (κ3) is 4.30. The van der Waals surface area contributed by atoms with E-state index in [0.717, 1.165) is 61.7 Å². The molecule has 0 amide bonds. The first kappa shape index (κ1) is 20.3. The Morgan fingerprint density at radius 3 is 2.52 bits per heavy atom. The number of pyridine rings is 1. The summed E-state index contributed by atoms with van der Waals surface area (Å²) in [5, 5.41) is 6.86. The van der Waals surface area contributed by atoms with Gasteiger partial charge in [-0.2, -0.15) is 0 Å². The molecular formula is C24H35N3O2. The SMILES string of the molecule is COc1cc2c3c(c(NCCC(C)C)nc2cc1ON1CCCC1)CC(C)(C)C3. The number of hydrogen-bond donors (Lipinski definition) is 1. The molecule has 2 heterocycles. The number of nitrogens with one attached hydrogen (secondary N) is 1. The lowest BCUT2D eigenvalue weighted by molar-refractivity contribution is -0.0366. The summed E-state index contributed by atoms with van der Waals surface area (Å²) in [6.45, 7) is 12.1. The number of fused-ring (bicyclic) bond motifs is 3. The van der Waals surface area contributed by atoms with Gasteiger partial charge in [0.2, 0.25) is 0 Å². The number of methoxy groups -OCH3 is 1. The van der Waals surface area contributed by atoms with E-state index in [1.54, 1.807) is 7.11 Å². The minimum Gasteiger partial charge on any atom is -0.493 e. The van der Waals surface area contributed by atoms with Crippen LogP contribution in [0.5, 0.6) is 11.5 Å². The molecule has 0 radical (unpaired) electrons. The van der Waals surface area contributed by atoms with Gasteiger partial charge in [0.15, 0.2) is 11.5 Å². The molecule has 0 saturated carbocycles. The molecular weight excluding hydrogens is 362 g/mol. The van der Waals surface area contributed by atoms with Crippen molar-refractivity contribution in [2.75, 3.05) is 32.1 Å². The second-order valence-electron chi connectivity index (χ2n) is 9.79. The van der Waals surface area contributed by atoms with Gasteiger partial charge in [-0.25, -0.2) is 4.98 Å². The Bertz CT molecular complexity index is 886. The lowest BCUT2D eigenvalue weighted by Crippen LogP contribution is -2.23. The Morgan fingerprint density at radius 1 is 1.10 bits per heavy atom. The van der Waals surface area contributed by atoms with Gasteiger partial charge in [0, 0.05) is 31.1 Å². The number of aromatic nitrogens is 1. The van der Waals surface area contributed by atoms with E-state index in [2.05, 4.69) is 45.1 Å². The second-order valence-corrected chi connectivity index (χ2v) is 9.79. The largest absolute Gasteiger partial charge is 0.493 e. The van der Waals surface area contributed by atoms with Gasteiger partial charge in [0.25, 0.3) is 0 Å². The van der Waals surface area contributed by atoms with E-state index >= 15 is 0 Å². The zero-order chi connectivity index (χ0) is 20.6. The van der Waals surface area contributed by atoms with Crippen molar-refractivity contribution in [1.29, 1.82) is 0 Å². The smallest absolute Gasteiger partial charge is 0.191 e. The van der Waals surface area contributed by atoms with Gasteiger partial charge >= 0.3 is 0 Å². The van der Waals surface area contributed by atoms with Crippen LogP contribution in [-0.4, -0.2) is 36.8 Å². The lowest BCUT2D eigenvalue weighted by atomic mass is 9.90. The molecule has 5 nitrogen and oxygen atoms in total. The fourth-order valence-electron chi connectivity index (χ4n) is 4.56. The van der Waals surface area contributed by atoms with Crippen LogP contribution in [0.25, 0.3) is 10.9 Å². The average molecular weight is 398 g/mol. The minimum atomic E-state index is 0.255. The molecule has 4 rings (SSSR count). The maximum Gasteiger partial charge on any atom is 0.191 e. The molecule has 158 valence electrons. The number of ether oxygens (including phenoxy) is 1. The molecule has 0 spiro atoms. The molecule has 0 bridgehead atoms. The lowest BCUT2D eigenvalue weighted by Gasteiger charge is -2.20. The number of hydroxylamine groups is 2. The average Bonchev–Trinajstić information content (AvgIpc) is 3.27. The van der Waals surface area contributed by atoms with Gasteiger partial charge in [-0.3, -0.25) is 0 Å². The van der Waals surface area contributed by atoms with Crippen molar-refractivity contribution in [3.05, 3.63) is 23.3 Å². The maximum absolute atomic E-state index is 6.17. The summed E-state index contributed by atoms with van der Waals surface area (Å²) in [5.41, 5.74) is 4.04. The van der Waals surface area contributed by atoms with E-state index in [9.17, 15) is 0 Å². The molecule has 29 heavy (non-hydrogen) atoms. The molecule has 2 aromatic rings. The molecule has 1 saturated heterocycles. The zero-order valence-electron chi connectivity index (χ0n) is 18.6. The first-order valence-electron chi connectivity index (χ1n) is 11.1. The molecule has 1 N–H and O–H groups in total. The molecule has 5 heteroatoms. The second kappa shape index (κ2) is 8.02. The molecule has 0 unspecified atom stereocenters. The van der Waals surface area contributed by atoms with E-state index in [-0.39, 0.29) is 5.41 Å². The van der Waals surface area contributed by atoms with E-state index in [0.29, 0.717) is 5.92 Å². The van der Waals surface area contributed by atoms with E-state index in [1.807, 2.05) is 5.06 Å². The monoisotopic (exact) mass is 397 g/mol. The van der Waals surface area contributed by atoms with Gasteiger partial charge in [0.1, 0.15) is 5.82 Å². The van der Waals surface area contributed by atoms with Gasteiger partial charge in [-0.05, 0) is 60.6 Å². The van der Waals surface area contributed by atoms with Crippen molar-refractivity contribution in [2.45, 2.75) is 59.8 Å². The first-order valence-corrected chi connectivity index (χ1v) is 11.1. The molecule has 1 aliphatic heterocycles. The summed E-state index contributed by atoms with van der Waals surface area (Å²) in [4.78, 5) is 11.2. The number of anilines is 1. The number of hydrogen-bond acceptors (Lipinski definition) is 5. The van der Waals surface area contributed by atoms with Crippen LogP contribution in [0.15, 0.2) is 12.1 Å². The van der Waals surface area contributed by atoms with Gasteiger partial charge in [-0.1, -0.05) is 27.7 Å². The highest BCUT2D eigenvalue weighted by Gasteiger charge is 2.33. The standard InChI is InChI=1S/C24H35N3O2/c1-16(2)8-9-25-23-19-15-24(3,4)14-18(19)17-12-21(28-5)22(13-20(17)26-23)29-27-10-6-7-11-27/h12-13,16H,6-11,14-15H2,1-5H3,(H,25,26). The Balaban J connectivity index is 1.75. The fraction of sp³-hybridized carbons (Fsp3) is 0.625. The minimum absolute atomic E-state index is 0.255. The van der Waals surface area contributed by atoms with Crippen LogP contribution in [0.4, 0.5) is 5.82 Å². The summed E-state index contributed by atoms with van der Waals surface area (Å²) in [7, 11) is 1.72.